The predicted octanol–water partition coefficient (Wildman–Crippen LogP) is 3.11. The van der Waals surface area contributed by atoms with E-state index in [4.69, 9.17) is 11.6 Å². The number of hydrogen-bond acceptors (Lipinski definition) is 1. The minimum Gasteiger partial charge on any atom is -0.339 e. The van der Waals surface area contributed by atoms with E-state index in [1.165, 1.54) is 18.2 Å². The van der Waals surface area contributed by atoms with Gasteiger partial charge in [0.1, 0.15) is 5.82 Å². The van der Waals surface area contributed by atoms with Crippen LogP contribution in [0.5, 0.6) is 0 Å². The van der Waals surface area contributed by atoms with Crippen molar-refractivity contribution in [1.82, 2.24) is 4.90 Å². The van der Waals surface area contributed by atoms with E-state index in [0.29, 0.717) is 5.56 Å². The van der Waals surface area contributed by atoms with Crippen molar-refractivity contribution in [2.45, 2.75) is 19.3 Å². The van der Waals surface area contributed by atoms with Gasteiger partial charge in [-0.05, 0) is 37.5 Å². The fourth-order valence-corrected chi connectivity index (χ4v) is 2.18. The number of rotatable bonds is 1. The average molecular weight is 242 g/mol. The summed E-state index contributed by atoms with van der Waals surface area (Å²) in [4.78, 5) is 13.8. The third-order valence-corrected chi connectivity index (χ3v) is 2.97. The van der Waals surface area contributed by atoms with E-state index >= 15 is 0 Å². The summed E-state index contributed by atoms with van der Waals surface area (Å²) in [7, 11) is 0. The second-order valence-electron chi connectivity index (χ2n) is 4.01. The Morgan fingerprint density at radius 3 is 2.50 bits per heavy atom. The van der Waals surface area contributed by atoms with Gasteiger partial charge in [-0.25, -0.2) is 4.39 Å². The summed E-state index contributed by atoms with van der Waals surface area (Å²) in [6, 6.07) is 3.96. The van der Waals surface area contributed by atoms with Gasteiger partial charge in [-0.2, -0.15) is 0 Å². The van der Waals surface area contributed by atoms with Gasteiger partial charge in [0, 0.05) is 23.7 Å². The van der Waals surface area contributed by atoms with Crippen LogP contribution in [-0.2, 0) is 0 Å². The highest BCUT2D eigenvalue weighted by molar-refractivity contribution is 6.31. The van der Waals surface area contributed by atoms with E-state index in [9.17, 15) is 9.18 Å². The molecule has 1 aliphatic rings. The molecule has 16 heavy (non-hydrogen) atoms. The van der Waals surface area contributed by atoms with E-state index in [-0.39, 0.29) is 10.9 Å². The standard InChI is InChI=1S/C12H13ClFNO/c13-10-6-9(7-11(14)8-10)12(16)15-4-2-1-3-5-15/h6-8H,1-5H2. The van der Waals surface area contributed by atoms with E-state index in [0.717, 1.165) is 32.4 Å². The zero-order valence-electron chi connectivity index (χ0n) is 8.88. The fraction of sp³-hybridized carbons (Fsp3) is 0.417. The number of carbonyl (C=O) groups excluding carboxylic acids is 1. The van der Waals surface area contributed by atoms with Crippen molar-refractivity contribution in [2.24, 2.45) is 0 Å². The maximum Gasteiger partial charge on any atom is 0.254 e. The van der Waals surface area contributed by atoms with Crippen LogP contribution in [0.25, 0.3) is 0 Å². The van der Waals surface area contributed by atoms with Gasteiger partial charge in [-0.3, -0.25) is 4.79 Å². The van der Waals surface area contributed by atoms with Gasteiger partial charge in [0.15, 0.2) is 0 Å². The van der Waals surface area contributed by atoms with Crippen LogP contribution in [0, 0.1) is 5.82 Å². The van der Waals surface area contributed by atoms with E-state index < -0.39 is 5.82 Å². The summed E-state index contributed by atoms with van der Waals surface area (Å²) in [5.74, 6) is -0.589. The smallest absolute Gasteiger partial charge is 0.254 e. The molecule has 0 bridgehead atoms. The van der Waals surface area contributed by atoms with Crippen LogP contribution in [0.1, 0.15) is 29.6 Å². The molecule has 0 unspecified atom stereocenters. The molecule has 1 aromatic rings. The fourth-order valence-electron chi connectivity index (χ4n) is 1.96. The number of amides is 1. The van der Waals surface area contributed by atoms with Crippen molar-refractivity contribution < 1.29 is 9.18 Å². The Morgan fingerprint density at radius 1 is 1.19 bits per heavy atom. The van der Waals surface area contributed by atoms with Crippen molar-refractivity contribution >= 4 is 17.5 Å². The second kappa shape index (κ2) is 4.83. The Labute approximate surface area is 99.0 Å². The lowest BCUT2D eigenvalue weighted by Gasteiger charge is -2.26. The predicted molar refractivity (Wildman–Crippen MR) is 61.2 cm³/mol. The summed E-state index contributed by atoms with van der Waals surface area (Å²) in [6.45, 7) is 1.51. The summed E-state index contributed by atoms with van der Waals surface area (Å²) >= 11 is 5.72. The summed E-state index contributed by atoms with van der Waals surface area (Å²) in [5.41, 5.74) is 0.340. The molecule has 0 radical (unpaired) electrons. The van der Waals surface area contributed by atoms with Crippen LogP contribution >= 0.6 is 11.6 Å². The molecule has 2 rings (SSSR count). The van der Waals surface area contributed by atoms with Crippen LogP contribution in [0.15, 0.2) is 18.2 Å². The molecule has 0 saturated carbocycles. The normalized spacial score (nSPS) is 16.2. The Balaban J connectivity index is 2.19. The number of benzene rings is 1. The summed E-state index contributed by atoms with van der Waals surface area (Å²) < 4.78 is 13.1. The molecule has 86 valence electrons. The molecule has 0 spiro atoms. The number of likely N-dealkylation sites (tertiary alicyclic amines) is 1. The zero-order chi connectivity index (χ0) is 11.5. The Kier molecular flexibility index (Phi) is 3.44. The maximum absolute atomic E-state index is 13.1. The highest BCUT2D eigenvalue weighted by Crippen LogP contribution is 2.18. The molecule has 0 atom stereocenters. The quantitative estimate of drug-likeness (QED) is 0.740. The number of halogens is 2. The zero-order valence-corrected chi connectivity index (χ0v) is 9.63. The number of piperidine rings is 1. The van der Waals surface area contributed by atoms with Crippen LogP contribution in [0.2, 0.25) is 5.02 Å². The maximum atomic E-state index is 13.1. The lowest BCUT2D eigenvalue weighted by Crippen LogP contribution is -2.35. The van der Waals surface area contributed by atoms with Crippen LogP contribution in [0.3, 0.4) is 0 Å². The Bertz CT molecular complexity index is 382. The molecule has 0 aliphatic carbocycles. The van der Waals surface area contributed by atoms with Crippen molar-refractivity contribution in [3.05, 3.63) is 34.6 Å². The first kappa shape index (κ1) is 11.4. The lowest BCUT2D eigenvalue weighted by molar-refractivity contribution is 0.0724. The van der Waals surface area contributed by atoms with Crippen LogP contribution in [-0.4, -0.2) is 23.9 Å². The monoisotopic (exact) mass is 241 g/mol. The van der Waals surface area contributed by atoms with Gasteiger partial charge < -0.3 is 4.90 Å². The van der Waals surface area contributed by atoms with Gasteiger partial charge in [0.2, 0.25) is 0 Å². The molecule has 1 amide bonds. The van der Waals surface area contributed by atoms with Crippen molar-refractivity contribution in [3.63, 3.8) is 0 Å². The minimum absolute atomic E-state index is 0.124. The van der Waals surface area contributed by atoms with Crippen LogP contribution in [0.4, 0.5) is 4.39 Å². The Morgan fingerprint density at radius 2 is 1.88 bits per heavy atom. The van der Waals surface area contributed by atoms with Gasteiger partial charge >= 0.3 is 0 Å². The first-order valence-corrected chi connectivity index (χ1v) is 5.80. The molecular formula is C12H13ClFNO. The highest BCUT2D eigenvalue weighted by Gasteiger charge is 2.18. The second-order valence-corrected chi connectivity index (χ2v) is 4.45. The molecule has 0 N–H and O–H groups in total. The van der Waals surface area contributed by atoms with Gasteiger partial charge in [0.25, 0.3) is 5.91 Å². The molecule has 0 aromatic heterocycles. The van der Waals surface area contributed by atoms with Gasteiger partial charge in [-0.15, -0.1) is 0 Å². The third-order valence-electron chi connectivity index (χ3n) is 2.75. The van der Waals surface area contributed by atoms with Crippen molar-refractivity contribution in [3.8, 4) is 0 Å². The molecule has 1 aromatic carbocycles. The van der Waals surface area contributed by atoms with Crippen molar-refractivity contribution in [2.75, 3.05) is 13.1 Å². The first-order chi connectivity index (χ1) is 7.66. The van der Waals surface area contributed by atoms with E-state index in [2.05, 4.69) is 0 Å². The number of hydrogen-bond donors (Lipinski definition) is 0. The number of nitrogens with zero attached hydrogens (tertiary/aromatic N) is 1. The molecule has 1 heterocycles. The minimum atomic E-state index is -0.465. The molecule has 1 fully saturated rings. The van der Waals surface area contributed by atoms with E-state index in [1.54, 1.807) is 4.90 Å². The topological polar surface area (TPSA) is 20.3 Å². The van der Waals surface area contributed by atoms with Gasteiger partial charge in [0.05, 0.1) is 0 Å². The largest absolute Gasteiger partial charge is 0.339 e. The third kappa shape index (κ3) is 2.53. The first-order valence-electron chi connectivity index (χ1n) is 5.42. The Hall–Kier alpha value is -1.09. The molecule has 4 heteroatoms. The SMILES string of the molecule is O=C(c1cc(F)cc(Cl)c1)N1CCCCC1. The van der Waals surface area contributed by atoms with Gasteiger partial charge in [-0.1, -0.05) is 11.6 Å². The van der Waals surface area contributed by atoms with Crippen LogP contribution < -0.4 is 0 Å². The summed E-state index contributed by atoms with van der Waals surface area (Å²) in [5, 5.41) is 0.264. The van der Waals surface area contributed by atoms with E-state index in [1.807, 2.05) is 0 Å². The highest BCUT2D eigenvalue weighted by atomic mass is 35.5. The number of carbonyl (C=O) groups is 1. The molecular weight excluding hydrogens is 229 g/mol. The molecule has 2 nitrogen and oxygen atoms in total. The average Bonchev–Trinajstić information content (AvgIpc) is 2.28. The molecule has 1 saturated heterocycles. The summed E-state index contributed by atoms with van der Waals surface area (Å²) in [6.07, 6.45) is 3.21. The lowest BCUT2D eigenvalue weighted by atomic mass is 10.1. The molecule has 1 aliphatic heterocycles. The van der Waals surface area contributed by atoms with Crippen molar-refractivity contribution in [1.29, 1.82) is 0 Å².